The van der Waals surface area contributed by atoms with Gasteiger partial charge in [-0.15, -0.1) is 0 Å². The molecule has 8 nitrogen and oxygen atoms in total. The van der Waals surface area contributed by atoms with Gasteiger partial charge in [-0.25, -0.2) is 15.0 Å². The summed E-state index contributed by atoms with van der Waals surface area (Å²) in [6.45, 7) is 4.28. The molecule has 0 saturated carbocycles. The van der Waals surface area contributed by atoms with Gasteiger partial charge in [-0.3, -0.25) is 4.57 Å². The summed E-state index contributed by atoms with van der Waals surface area (Å²) in [5.74, 6) is -0.242. The lowest BCUT2D eigenvalue weighted by Crippen LogP contribution is -2.27. The molecule has 2 aromatic rings. The van der Waals surface area contributed by atoms with E-state index < -0.39 is 5.79 Å². The topological polar surface area (TPSA) is 97.3 Å². The normalized spacial score (nSPS) is 31.8. The number of nitrogen functional groups attached to an aromatic ring is 1. The summed E-state index contributed by atoms with van der Waals surface area (Å²) in [5.41, 5.74) is 7.00. The molecule has 106 valence electrons. The average Bonchev–Trinajstić information content (AvgIpc) is 3.01. The average molecular weight is 277 g/mol. The Bertz CT molecular complexity index is 670. The lowest BCUT2D eigenvalue weighted by Gasteiger charge is -2.22. The molecule has 0 bridgehead atoms. The van der Waals surface area contributed by atoms with Crippen LogP contribution in [0.1, 0.15) is 20.1 Å². The van der Waals surface area contributed by atoms with E-state index in [1.165, 1.54) is 6.33 Å². The highest BCUT2D eigenvalue weighted by Gasteiger charge is 2.51. The van der Waals surface area contributed by atoms with Crippen LogP contribution < -0.4 is 5.73 Å². The van der Waals surface area contributed by atoms with Gasteiger partial charge in [0.1, 0.15) is 24.1 Å². The molecule has 4 heterocycles. The smallest absolute Gasteiger partial charge is 0.167 e. The molecular formula is C12H15N5O3. The Labute approximate surface area is 114 Å². The molecule has 2 aliphatic heterocycles. The van der Waals surface area contributed by atoms with E-state index in [-0.39, 0.29) is 18.4 Å². The highest BCUT2D eigenvalue weighted by atomic mass is 16.8. The van der Waals surface area contributed by atoms with Crippen LogP contribution in [0.3, 0.4) is 0 Å². The van der Waals surface area contributed by atoms with Gasteiger partial charge in [0, 0.05) is 0 Å². The summed E-state index contributed by atoms with van der Waals surface area (Å²) in [4.78, 5) is 12.4. The lowest BCUT2D eigenvalue weighted by molar-refractivity contribution is -0.183. The number of nitrogens with two attached hydrogens (primary N) is 1. The molecule has 0 aromatic carbocycles. The standard InChI is InChI=1S/C12H15N5O3/c1-12(2)19-6-3-18-11(8(6)20-12)17-5-16-7-9(13)14-4-15-10(7)17/h4-6,8,11H,3H2,1-2H3,(H2,13,14,15)/t6-,8-,11-/m1/s1. The predicted molar refractivity (Wildman–Crippen MR) is 68.5 cm³/mol. The van der Waals surface area contributed by atoms with Crippen LogP contribution in [0.5, 0.6) is 0 Å². The molecule has 4 rings (SSSR count). The number of fused-ring (bicyclic) bond motifs is 2. The minimum Gasteiger partial charge on any atom is -0.382 e. The molecule has 2 saturated heterocycles. The van der Waals surface area contributed by atoms with Gasteiger partial charge in [0.2, 0.25) is 0 Å². The second-order valence-electron chi connectivity index (χ2n) is 5.45. The molecule has 0 amide bonds. The summed E-state index contributed by atoms with van der Waals surface area (Å²) in [5, 5.41) is 0. The van der Waals surface area contributed by atoms with Crippen LogP contribution in [0, 0.1) is 0 Å². The second-order valence-corrected chi connectivity index (χ2v) is 5.45. The van der Waals surface area contributed by atoms with Gasteiger partial charge in [-0.05, 0) is 13.8 Å². The van der Waals surface area contributed by atoms with Crippen molar-refractivity contribution < 1.29 is 14.2 Å². The van der Waals surface area contributed by atoms with Crippen molar-refractivity contribution in [1.29, 1.82) is 0 Å². The fraction of sp³-hybridized carbons (Fsp3) is 0.583. The molecule has 0 radical (unpaired) electrons. The predicted octanol–water partition coefficient (Wildman–Crippen LogP) is 0.457. The van der Waals surface area contributed by atoms with E-state index in [4.69, 9.17) is 19.9 Å². The Kier molecular flexibility index (Phi) is 2.33. The zero-order valence-electron chi connectivity index (χ0n) is 11.2. The van der Waals surface area contributed by atoms with E-state index in [1.807, 2.05) is 18.4 Å². The molecular weight excluding hydrogens is 262 g/mol. The Morgan fingerprint density at radius 3 is 3.00 bits per heavy atom. The Morgan fingerprint density at radius 2 is 2.15 bits per heavy atom. The summed E-state index contributed by atoms with van der Waals surface area (Å²) in [6, 6.07) is 0. The fourth-order valence-corrected chi connectivity index (χ4v) is 2.82. The number of hydrogen-bond donors (Lipinski definition) is 1. The molecule has 2 fully saturated rings. The number of rotatable bonds is 1. The first kappa shape index (κ1) is 12.0. The Balaban J connectivity index is 1.75. The number of anilines is 1. The van der Waals surface area contributed by atoms with Crippen LogP contribution in [-0.4, -0.2) is 44.1 Å². The summed E-state index contributed by atoms with van der Waals surface area (Å²) < 4.78 is 19.3. The van der Waals surface area contributed by atoms with Crippen molar-refractivity contribution in [3.63, 3.8) is 0 Å². The largest absolute Gasteiger partial charge is 0.382 e. The third-order valence-electron chi connectivity index (χ3n) is 3.60. The first-order valence-corrected chi connectivity index (χ1v) is 6.45. The van der Waals surface area contributed by atoms with E-state index in [0.29, 0.717) is 23.6 Å². The number of aromatic nitrogens is 4. The molecule has 2 aliphatic rings. The van der Waals surface area contributed by atoms with Crippen molar-refractivity contribution in [2.24, 2.45) is 0 Å². The number of nitrogens with zero attached hydrogens (tertiary/aromatic N) is 4. The first-order valence-electron chi connectivity index (χ1n) is 6.45. The number of hydrogen-bond acceptors (Lipinski definition) is 7. The van der Waals surface area contributed by atoms with Crippen molar-refractivity contribution in [1.82, 2.24) is 19.5 Å². The van der Waals surface area contributed by atoms with Crippen LogP contribution in [0.4, 0.5) is 5.82 Å². The second kappa shape index (κ2) is 3.87. The summed E-state index contributed by atoms with van der Waals surface area (Å²) in [7, 11) is 0. The molecule has 3 atom stereocenters. The van der Waals surface area contributed by atoms with Gasteiger partial charge in [0.05, 0.1) is 12.9 Å². The quantitative estimate of drug-likeness (QED) is 0.808. The van der Waals surface area contributed by atoms with Crippen molar-refractivity contribution in [3.8, 4) is 0 Å². The van der Waals surface area contributed by atoms with Gasteiger partial charge in [-0.2, -0.15) is 0 Å². The van der Waals surface area contributed by atoms with Crippen molar-refractivity contribution >= 4 is 17.0 Å². The minimum absolute atomic E-state index is 0.0772. The molecule has 0 aliphatic carbocycles. The van der Waals surface area contributed by atoms with Crippen LogP contribution >= 0.6 is 0 Å². The van der Waals surface area contributed by atoms with Gasteiger partial charge < -0.3 is 19.9 Å². The number of ether oxygens (including phenoxy) is 3. The molecule has 20 heavy (non-hydrogen) atoms. The van der Waals surface area contributed by atoms with Crippen LogP contribution in [0.2, 0.25) is 0 Å². The van der Waals surface area contributed by atoms with E-state index in [1.54, 1.807) is 6.33 Å². The third-order valence-corrected chi connectivity index (χ3v) is 3.60. The lowest BCUT2D eigenvalue weighted by atomic mass is 10.2. The molecule has 8 heteroatoms. The Hall–Kier alpha value is -1.77. The molecule has 0 spiro atoms. The van der Waals surface area contributed by atoms with Crippen molar-refractivity contribution in [2.75, 3.05) is 12.3 Å². The Morgan fingerprint density at radius 1 is 1.30 bits per heavy atom. The molecule has 2 N–H and O–H groups in total. The van der Waals surface area contributed by atoms with Gasteiger partial charge in [-0.1, -0.05) is 0 Å². The minimum atomic E-state index is -0.595. The van der Waals surface area contributed by atoms with E-state index in [9.17, 15) is 0 Å². The van der Waals surface area contributed by atoms with Crippen LogP contribution in [0.15, 0.2) is 12.7 Å². The highest BCUT2D eigenvalue weighted by Crippen LogP contribution is 2.40. The van der Waals surface area contributed by atoms with E-state index >= 15 is 0 Å². The highest BCUT2D eigenvalue weighted by molar-refractivity contribution is 5.81. The summed E-state index contributed by atoms with van der Waals surface area (Å²) >= 11 is 0. The van der Waals surface area contributed by atoms with Crippen LogP contribution in [0.25, 0.3) is 11.2 Å². The number of imidazole rings is 1. The summed E-state index contributed by atoms with van der Waals surface area (Å²) in [6.07, 6.45) is 2.49. The third kappa shape index (κ3) is 1.62. The van der Waals surface area contributed by atoms with Gasteiger partial charge >= 0.3 is 0 Å². The van der Waals surface area contributed by atoms with Gasteiger partial charge in [0.15, 0.2) is 23.5 Å². The van der Waals surface area contributed by atoms with Crippen molar-refractivity contribution in [2.45, 2.75) is 38.1 Å². The molecule has 2 aromatic heterocycles. The SMILES string of the molecule is CC1(C)O[C@H]2[C@H](n3cnc4c(N)ncnc43)OC[C@H]2O1. The van der Waals surface area contributed by atoms with Crippen LogP contribution in [-0.2, 0) is 14.2 Å². The maximum absolute atomic E-state index is 5.92. The van der Waals surface area contributed by atoms with Gasteiger partial charge in [0.25, 0.3) is 0 Å². The molecule has 0 unspecified atom stereocenters. The maximum atomic E-state index is 5.92. The monoisotopic (exact) mass is 277 g/mol. The zero-order valence-corrected chi connectivity index (χ0v) is 11.2. The fourth-order valence-electron chi connectivity index (χ4n) is 2.82. The first-order chi connectivity index (χ1) is 9.55. The van der Waals surface area contributed by atoms with E-state index in [0.717, 1.165) is 0 Å². The zero-order chi connectivity index (χ0) is 13.9. The maximum Gasteiger partial charge on any atom is 0.167 e. The van der Waals surface area contributed by atoms with E-state index in [2.05, 4.69) is 15.0 Å². The van der Waals surface area contributed by atoms with Crippen molar-refractivity contribution in [3.05, 3.63) is 12.7 Å².